The number of carbonyl (C=O) groups excluding carboxylic acids is 1. The molecule has 3 saturated heterocycles. The van der Waals surface area contributed by atoms with Crippen molar-refractivity contribution >= 4 is 5.97 Å². The van der Waals surface area contributed by atoms with E-state index in [4.69, 9.17) is 19.2 Å². The van der Waals surface area contributed by atoms with Crippen LogP contribution in [0.3, 0.4) is 0 Å². The number of fused-ring (bicyclic) bond motifs is 5. The van der Waals surface area contributed by atoms with Crippen LogP contribution in [0.5, 0.6) is 0 Å². The molecule has 0 radical (unpaired) electrons. The second-order valence-electron chi connectivity index (χ2n) is 17.6. The first-order valence-corrected chi connectivity index (χ1v) is 16.0. The molecule has 0 N–H and O–H groups in total. The lowest BCUT2D eigenvalue weighted by atomic mass is 9.26. The molecule has 0 aromatic heterocycles. The molecule has 39 heavy (non-hydrogen) atoms. The summed E-state index contributed by atoms with van der Waals surface area (Å²) >= 11 is 0. The molecule has 7 fully saturated rings. The molecule has 0 amide bonds. The highest BCUT2D eigenvalue weighted by molar-refractivity contribution is 5.66. The third kappa shape index (κ3) is 2.97. The highest BCUT2D eigenvalue weighted by Crippen LogP contribution is 2.84. The third-order valence-electron chi connectivity index (χ3n) is 15.8. The van der Waals surface area contributed by atoms with E-state index in [0.29, 0.717) is 23.4 Å². The van der Waals surface area contributed by atoms with Gasteiger partial charge in [0, 0.05) is 17.8 Å². The van der Waals surface area contributed by atoms with Gasteiger partial charge < -0.3 is 9.47 Å². The summed E-state index contributed by atoms with van der Waals surface area (Å²) in [6, 6.07) is 0. The highest BCUT2D eigenvalue weighted by Gasteiger charge is 2.84. The van der Waals surface area contributed by atoms with E-state index in [-0.39, 0.29) is 45.3 Å². The first-order chi connectivity index (χ1) is 17.8. The molecular formula is C34H56O5. The van der Waals surface area contributed by atoms with Gasteiger partial charge in [-0.15, -0.1) is 0 Å². The molecule has 2 bridgehead atoms. The Bertz CT molecular complexity index is 1060. The van der Waals surface area contributed by atoms with Crippen LogP contribution in [-0.4, -0.2) is 30.6 Å². The maximum Gasteiger partial charge on any atom is 0.302 e. The second-order valence-corrected chi connectivity index (χ2v) is 17.6. The fourth-order valence-electron chi connectivity index (χ4n) is 12.5. The van der Waals surface area contributed by atoms with Gasteiger partial charge in [0.2, 0.25) is 5.79 Å². The Labute approximate surface area is 237 Å². The zero-order chi connectivity index (χ0) is 28.7. The Balaban J connectivity index is 1.52. The minimum absolute atomic E-state index is 0.0717. The average molecular weight is 545 g/mol. The molecule has 3 aliphatic heterocycles. The van der Waals surface area contributed by atoms with Crippen molar-refractivity contribution in [3.8, 4) is 0 Å². The number of esters is 1. The zero-order valence-electron chi connectivity index (χ0n) is 26.8. The van der Waals surface area contributed by atoms with Gasteiger partial charge in [-0.2, -0.15) is 4.89 Å². The van der Waals surface area contributed by atoms with Crippen LogP contribution in [0.15, 0.2) is 0 Å². The Morgan fingerprint density at radius 2 is 1.41 bits per heavy atom. The van der Waals surface area contributed by atoms with Gasteiger partial charge in [-0.25, -0.2) is 4.89 Å². The summed E-state index contributed by atoms with van der Waals surface area (Å²) < 4.78 is 13.0. The molecule has 10 atom stereocenters. The van der Waals surface area contributed by atoms with Crippen molar-refractivity contribution in [3.05, 3.63) is 0 Å². The minimum atomic E-state index is -0.985. The average Bonchev–Trinajstić information content (AvgIpc) is 2.96. The normalized spacial score (nSPS) is 57.3. The standard InChI is InChI=1S/C34H56O5/c1-22(35)37-24-12-13-32(10)31(9)19-17-29(7)23-20-26(2,3)14-15-28(23,6)16-18-30(29,8)33(31,11)25-21-36-34(32,39-38-25)27(24,4)5/h23-25H,12-21H2,1-11H3/t23-,24+,25-,28-,29+,30+,31+,32-,33+,34-/m1/s1. The molecule has 0 aromatic carbocycles. The van der Waals surface area contributed by atoms with Crippen LogP contribution in [-0.2, 0) is 24.0 Å². The monoisotopic (exact) mass is 544 g/mol. The zero-order valence-corrected chi connectivity index (χ0v) is 26.8. The quantitative estimate of drug-likeness (QED) is 0.246. The lowest BCUT2D eigenvalue weighted by Crippen LogP contribution is -2.75. The van der Waals surface area contributed by atoms with Crippen LogP contribution in [0.1, 0.15) is 134 Å². The SMILES string of the molecule is CC(=O)O[C@H]1CC[C@@]2(C)[C@@]3(OC[C@@H](OO3)[C@]3(C)[C@@]2(C)CC[C@@]2(C)[C@@H]4CC(C)(C)CC[C@]4(C)CC[C@]32C)C1(C)C. The van der Waals surface area contributed by atoms with Crippen molar-refractivity contribution in [1.29, 1.82) is 0 Å². The molecule has 4 aliphatic carbocycles. The van der Waals surface area contributed by atoms with E-state index >= 15 is 0 Å². The van der Waals surface area contributed by atoms with Gasteiger partial charge in [0.05, 0.1) is 12.0 Å². The van der Waals surface area contributed by atoms with Gasteiger partial charge in [-0.05, 0) is 90.8 Å². The Kier molecular flexibility index (Phi) is 5.72. The smallest absolute Gasteiger partial charge is 0.302 e. The molecule has 0 unspecified atom stereocenters. The number of hydrogen-bond acceptors (Lipinski definition) is 5. The van der Waals surface area contributed by atoms with Crippen molar-refractivity contribution in [2.45, 2.75) is 152 Å². The molecule has 5 heteroatoms. The predicted molar refractivity (Wildman–Crippen MR) is 151 cm³/mol. The second kappa shape index (κ2) is 7.84. The van der Waals surface area contributed by atoms with Gasteiger partial charge in [-0.1, -0.05) is 69.2 Å². The Hall–Kier alpha value is -0.650. The van der Waals surface area contributed by atoms with E-state index in [1.165, 1.54) is 45.4 Å². The van der Waals surface area contributed by atoms with E-state index in [1.807, 2.05) is 0 Å². The maximum absolute atomic E-state index is 12.1. The molecular weight excluding hydrogens is 488 g/mol. The molecule has 222 valence electrons. The van der Waals surface area contributed by atoms with Crippen molar-refractivity contribution in [1.82, 2.24) is 0 Å². The third-order valence-corrected chi connectivity index (χ3v) is 15.8. The van der Waals surface area contributed by atoms with Gasteiger partial charge in [-0.3, -0.25) is 4.79 Å². The summed E-state index contributed by atoms with van der Waals surface area (Å²) in [4.78, 5) is 25.4. The van der Waals surface area contributed by atoms with Crippen LogP contribution in [0.2, 0.25) is 0 Å². The molecule has 3 heterocycles. The molecule has 7 aliphatic rings. The number of rotatable bonds is 1. The topological polar surface area (TPSA) is 54.0 Å². The molecule has 0 aromatic rings. The van der Waals surface area contributed by atoms with Crippen molar-refractivity contribution in [3.63, 3.8) is 0 Å². The van der Waals surface area contributed by atoms with Crippen molar-refractivity contribution in [2.75, 3.05) is 6.61 Å². The van der Waals surface area contributed by atoms with E-state index in [2.05, 4.69) is 69.2 Å². The minimum Gasteiger partial charge on any atom is -0.462 e. The first-order valence-electron chi connectivity index (χ1n) is 16.0. The van der Waals surface area contributed by atoms with E-state index in [0.717, 1.165) is 19.3 Å². The summed E-state index contributed by atoms with van der Waals surface area (Å²) in [7, 11) is 0. The van der Waals surface area contributed by atoms with Crippen molar-refractivity contribution < 1.29 is 24.0 Å². The first kappa shape index (κ1) is 28.5. The van der Waals surface area contributed by atoms with E-state index < -0.39 is 11.2 Å². The van der Waals surface area contributed by atoms with Crippen molar-refractivity contribution in [2.24, 2.45) is 49.2 Å². The molecule has 4 saturated carbocycles. The van der Waals surface area contributed by atoms with Crippen LogP contribution < -0.4 is 0 Å². The largest absolute Gasteiger partial charge is 0.462 e. The lowest BCUT2D eigenvalue weighted by molar-refractivity contribution is -0.539. The lowest BCUT2D eigenvalue weighted by Gasteiger charge is -2.77. The van der Waals surface area contributed by atoms with Gasteiger partial charge in [0.25, 0.3) is 0 Å². The summed E-state index contributed by atoms with van der Waals surface area (Å²) in [5.74, 6) is -0.523. The van der Waals surface area contributed by atoms with Gasteiger partial charge >= 0.3 is 5.97 Å². The van der Waals surface area contributed by atoms with Crippen LogP contribution in [0.25, 0.3) is 0 Å². The number of ether oxygens (including phenoxy) is 2. The van der Waals surface area contributed by atoms with Gasteiger partial charge in [0.15, 0.2) is 0 Å². The fourth-order valence-corrected chi connectivity index (χ4v) is 12.5. The van der Waals surface area contributed by atoms with Crippen LogP contribution in [0.4, 0.5) is 0 Å². The molecule has 7 rings (SSSR count). The Morgan fingerprint density at radius 3 is 2.03 bits per heavy atom. The number of hydrogen-bond donors (Lipinski definition) is 0. The van der Waals surface area contributed by atoms with Crippen LogP contribution >= 0.6 is 0 Å². The summed E-state index contributed by atoms with van der Waals surface area (Å²) in [6.45, 7) is 26.8. The summed E-state index contributed by atoms with van der Waals surface area (Å²) in [5.41, 5.74) is -0.00147. The number of carbonyl (C=O) groups is 1. The van der Waals surface area contributed by atoms with E-state index in [9.17, 15) is 4.79 Å². The molecule has 1 spiro atoms. The summed E-state index contributed by atoms with van der Waals surface area (Å²) in [6.07, 6.45) is 10.2. The molecule has 5 nitrogen and oxygen atoms in total. The highest BCUT2D eigenvalue weighted by atomic mass is 17.2. The van der Waals surface area contributed by atoms with E-state index in [1.54, 1.807) is 0 Å². The predicted octanol–water partition coefficient (Wildman–Crippen LogP) is 8.25. The van der Waals surface area contributed by atoms with Gasteiger partial charge in [0.1, 0.15) is 12.2 Å². The Morgan fingerprint density at radius 1 is 0.769 bits per heavy atom. The summed E-state index contributed by atoms with van der Waals surface area (Å²) in [5, 5.41) is 0. The maximum atomic E-state index is 12.1. The fraction of sp³-hybridized carbons (Fsp3) is 0.971. The van der Waals surface area contributed by atoms with Crippen LogP contribution in [0, 0.1) is 49.2 Å².